The van der Waals surface area contributed by atoms with Crippen molar-refractivity contribution >= 4 is 11.6 Å². The van der Waals surface area contributed by atoms with E-state index in [0.29, 0.717) is 6.54 Å². The van der Waals surface area contributed by atoms with Crippen molar-refractivity contribution < 1.29 is 5.11 Å². The first-order valence-electron chi connectivity index (χ1n) is 7.34. The van der Waals surface area contributed by atoms with Gasteiger partial charge in [-0.1, -0.05) is 27.7 Å². The Bertz CT molecular complexity index is 440. The highest BCUT2D eigenvalue weighted by Crippen LogP contribution is 2.26. The van der Waals surface area contributed by atoms with E-state index in [0.717, 1.165) is 36.0 Å². The maximum absolute atomic E-state index is 9.69. The van der Waals surface area contributed by atoms with Crippen molar-refractivity contribution in [3.05, 3.63) is 11.4 Å². The Morgan fingerprint density at radius 2 is 1.65 bits per heavy atom. The fourth-order valence-electron chi connectivity index (χ4n) is 1.72. The zero-order chi connectivity index (χ0) is 15.3. The third-order valence-corrected chi connectivity index (χ3v) is 3.14. The third-order valence-electron chi connectivity index (χ3n) is 3.14. The minimum Gasteiger partial charge on any atom is -0.391 e. The van der Waals surface area contributed by atoms with E-state index in [9.17, 15) is 5.11 Å². The number of aliphatic hydroxyl groups is 1. The van der Waals surface area contributed by atoms with Gasteiger partial charge in [-0.05, 0) is 20.3 Å². The lowest BCUT2D eigenvalue weighted by Crippen LogP contribution is -2.23. The van der Waals surface area contributed by atoms with E-state index in [2.05, 4.69) is 41.4 Å². The van der Waals surface area contributed by atoms with Crippen molar-refractivity contribution in [3.63, 3.8) is 0 Å². The number of aromatic nitrogens is 2. The van der Waals surface area contributed by atoms with E-state index >= 15 is 0 Å². The van der Waals surface area contributed by atoms with Crippen LogP contribution in [0.3, 0.4) is 0 Å². The summed E-state index contributed by atoms with van der Waals surface area (Å²) in [6, 6.07) is 0. The summed E-state index contributed by atoms with van der Waals surface area (Å²) in [5.74, 6) is 2.46. The van der Waals surface area contributed by atoms with Crippen LogP contribution in [0.4, 0.5) is 11.6 Å². The van der Waals surface area contributed by atoms with Gasteiger partial charge in [-0.3, -0.25) is 0 Å². The summed E-state index contributed by atoms with van der Waals surface area (Å²) in [5.41, 5.74) is 0.876. The lowest BCUT2D eigenvalue weighted by atomic mass is 9.95. The summed E-state index contributed by atoms with van der Waals surface area (Å²) in [4.78, 5) is 9.24. The molecular formula is C15H28N4O. The van der Waals surface area contributed by atoms with Crippen LogP contribution in [0.5, 0.6) is 0 Å². The molecule has 0 spiro atoms. The van der Waals surface area contributed by atoms with Gasteiger partial charge in [0.05, 0.1) is 6.10 Å². The van der Waals surface area contributed by atoms with E-state index in [4.69, 9.17) is 0 Å². The molecule has 5 heteroatoms. The largest absolute Gasteiger partial charge is 0.391 e. The second-order valence-electron chi connectivity index (χ2n) is 6.09. The van der Waals surface area contributed by atoms with Crippen molar-refractivity contribution in [3.8, 4) is 0 Å². The highest BCUT2D eigenvalue weighted by molar-refractivity contribution is 5.57. The molecule has 114 valence electrons. The van der Waals surface area contributed by atoms with Crippen molar-refractivity contribution in [1.82, 2.24) is 9.97 Å². The van der Waals surface area contributed by atoms with Crippen molar-refractivity contribution in [2.45, 2.75) is 59.5 Å². The SMILES string of the molecule is CCNc1nc(C(C)(C)C)nc(NCC(O)CC)c1C. The summed E-state index contributed by atoms with van der Waals surface area (Å²) >= 11 is 0. The third kappa shape index (κ3) is 4.34. The van der Waals surface area contributed by atoms with Crippen LogP contribution >= 0.6 is 0 Å². The van der Waals surface area contributed by atoms with Gasteiger partial charge >= 0.3 is 0 Å². The number of rotatable bonds is 6. The molecule has 1 atom stereocenters. The van der Waals surface area contributed by atoms with Crippen LogP contribution in [-0.4, -0.2) is 34.3 Å². The second kappa shape index (κ2) is 6.88. The first-order valence-corrected chi connectivity index (χ1v) is 7.34. The highest BCUT2D eigenvalue weighted by Gasteiger charge is 2.21. The molecule has 0 aliphatic heterocycles. The van der Waals surface area contributed by atoms with Crippen molar-refractivity contribution in [1.29, 1.82) is 0 Å². The van der Waals surface area contributed by atoms with Gasteiger partial charge in [0, 0.05) is 24.1 Å². The molecule has 1 aromatic heterocycles. The van der Waals surface area contributed by atoms with Crippen LogP contribution in [0.25, 0.3) is 0 Å². The molecule has 0 aromatic carbocycles. The van der Waals surface area contributed by atoms with E-state index in [-0.39, 0.29) is 11.5 Å². The number of nitrogens with zero attached hydrogens (tertiary/aromatic N) is 2. The monoisotopic (exact) mass is 280 g/mol. The van der Waals surface area contributed by atoms with Gasteiger partial charge in [0.15, 0.2) is 0 Å². The molecule has 0 aliphatic rings. The summed E-state index contributed by atoms with van der Waals surface area (Å²) in [6.45, 7) is 13.6. The average Bonchev–Trinajstić information content (AvgIpc) is 2.38. The van der Waals surface area contributed by atoms with Gasteiger partial charge < -0.3 is 15.7 Å². The fourth-order valence-corrected chi connectivity index (χ4v) is 1.72. The molecule has 0 amide bonds. The Labute approximate surface area is 122 Å². The van der Waals surface area contributed by atoms with Crippen LogP contribution in [0.2, 0.25) is 0 Å². The predicted molar refractivity (Wildman–Crippen MR) is 84.4 cm³/mol. The molecule has 0 fully saturated rings. The molecule has 5 nitrogen and oxygen atoms in total. The Morgan fingerprint density at radius 3 is 2.10 bits per heavy atom. The Balaban J connectivity index is 3.10. The second-order valence-corrected chi connectivity index (χ2v) is 6.09. The molecule has 1 heterocycles. The highest BCUT2D eigenvalue weighted by atomic mass is 16.3. The Kier molecular flexibility index (Phi) is 5.74. The lowest BCUT2D eigenvalue weighted by Gasteiger charge is -2.21. The maximum atomic E-state index is 9.69. The summed E-state index contributed by atoms with van der Waals surface area (Å²) in [6.07, 6.45) is 0.369. The average molecular weight is 280 g/mol. The molecule has 0 saturated heterocycles. The molecular weight excluding hydrogens is 252 g/mol. The molecule has 1 unspecified atom stereocenters. The number of hydrogen-bond acceptors (Lipinski definition) is 5. The predicted octanol–water partition coefficient (Wildman–Crippen LogP) is 2.70. The molecule has 0 bridgehead atoms. The standard InChI is InChI=1S/C15H28N4O/c1-7-11(20)9-17-13-10(3)12(16-8-2)18-14(19-13)15(4,5)6/h11,20H,7-9H2,1-6H3,(H2,16,17,18,19). The molecule has 0 radical (unpaired) electrons. The molecule has 3 N–H and O–H groups in total. The molecule has 0 saturated carbocycles. The number of aliphatic hydroxyl groups excluding tert-OH is 1. The minimum absolute atomic E-state index is 0.113. The molecule has 1 aromatic rings. The number of hydrogen-bond donors (Lipinski definition) is 3. The zero-order valence-corrected chi connectivity index (χ0v) is 13.5. The van der Waals surface area contributed by atoms with E-state index in [1.165, 1.54) is 0 Å². The van der Waals surface area contributed by atoms with Gasteiger partial charge in [0.2, 0.25) is 0 Å². The smallest absolute Gasteiger partial charge is 0.138 e. The summed E-state index contributed by atoms with van der Waals surface area (Å²) < 4.78 is 0. The lowest BCUT2D eigenvalue weighted by molar-refractivity contribution is 0.183. The van der Waals surface area contributed by atoms with E-state index < -0.39 is 0 Å². The molecule has 1 rings (SSSR count). The van der Waals surface area contributed by atoms with Crippen molar-refractivity contribution in [2.24, 2.45) is 0 Å². The van der Waals surface area contributed by atoms with Gasteiger partial charge in [-0.2, -0.15) is 0 Å². The summed E-state index contributed by atoms with van der Waals surface area (Å²) in [5, 5.41) is 16.2. The first-order chi connectivity index (χ1) is 9.29. The quantitative estimate of drug-likeness (QED) is 0.747. The van der Waals surface area contributed by atoms with Gasteiger partial charge in [-0.15, -0.1) is 0 Å². The maximum Gasteiger partial charge on any atom is 0.138 e. The Morgan fingerprint density at radius 1 is 1.10 bits per heavy atom. The van der Waals surface area contributed by atoms with Gasteiger partial charge in [0.25, 0.3) is 0 Å². The van der Waals surface area contributed by atoms with Gasteiger partial charge in [0.1, 0.15) is 17.5 Å². The topological polar surface area (TPSA) is 70.1 Å². The minimum atomic E-state index is -0.356. The fraction of sp³-hybridized carbons (Fsp3) is 0.733. The number of anilines is 2. The molecule has 0 aliphatic carbocycles. The normalized spacial score (nSPS) is 13.2. The van der Waals surface area contributed by atoms with Crippen LogP contribution in [0.1, 0.15) is 52.4 Å². The Hall–Kier alpha value is -1.36. The van der Waals surface area contributed by atoms with E-state index in [1.807, 2.05) is 20.8 Å². The van der Waals surface area contributed by atoms with Crippen LogP contribution in [-0.2, 0) is 5.41 Å². The molecule has 20 heavy (non-hydrogen) atoms. The van der Waals surface area contributed by atoms with Crippen LogP contribution in [0, 0.1) is 6.92 Å². The van der Waals surface area contributed by atoms with Gasteiger partial charge in [-0.25, -0.2) is 9.97 Å². The van der Waals surface area contributed by atoms with Crippen LogP contribution < -0.4 is 10.6 Å². The van der Waals surface area contributed by atoms with Crippen LogP contribution in [0.15, 0.2) is 0 Å². The van der Waals surface area contributed by atoms with Crippen molar-refractivity contribution in [2.75, 3.05) is 23.7 Å². The number of nitrogens with one attached hydrogen (secondary N) is 2. The summed E-state index contributed by atoms with van der Waals surface area (Å²) in [7, 11) is 0. The van der Waals surface area contributed by atoms with E-state index in [1.54, 1.807) is 0 Å². The zero-order valence-electron chi connectivity index (χ0n) is 13.5. The first kappa shape index (κ1) is 16.7.